The Labute approximate surface area is 172 Å². The smallest absolute Gasteiger partial charge is 0.241 e. The summed E-state index contributed by atoms with van der Waals surface area (Å²) in [5, 5.41) is 15.1. The quantitative estimate of drug-likeness (QED) is 0.452. The van der Waals surface area contributed by atoms with Crippen LogP contribution in [-0.4, -0.2) is 21.8 Å². The number of aromatic hydroxyl groups is 1. The fourth-order valence-corrected chi connectivity index (χ4v) is 4.29. The summed E-state index contributed by atoms with van der Waals surface area (Å²) in [4.78, 5) is 12.3. The minimum Gasteiger partial charge on any atom is -0.507 e. The van der Waals surface area contributed by atoms with Gasteiger partial charge in [0.05, 0.1) is 6.21 Å². The number of phenolic OH excluding ortho intramolecular Hbond substituents is 1. The molecular formula is C22H22BrN3O2. The molecule has 28 heavy (non-hydrogen) atoms. The Morgan fingerprint density at radius 1 is 1.21 bits per heavy atom. The Hall–Kier alpha value is -2.60. The molecule has 0 bridgehead atoms. The van der Waals surface area contributed by atoms with E-state index in [1.165, 1.54) is 41.2 Å². The average molecular weight is 440 g/mol. The zero-order valence-electron chi connectivity index (χ0n) is 15.5. The van der Waals surface area contributed by atoms with Gasteiger partial charge >= 0.3 is 0 Å². The second-order valence-electron chi connectivity index (χ2n) is 7.05. The number of phenols is 1. The SMILES string of the molecule is O=C(CCn1c2c(c3ccccc31)CCCC2)NN=Cc1cc(Br)ccc1O. The van der Waals surface area contributed by atoms with Crippen molar-refractivity contribution >= 4 is 39.0 Å². The fourth-order valence-electron chi connectivity index (χ4n) is 3.91. The van der Waals surface area contributed by atoms with Crippen molar-refractivity contribution in [2.24, 2.45) is 5.10 Å². The second-order valence-corrected chi connectivity index (χ2v) is 7.96. The number of halogens is 1. The highest BCUT2D eigenvalue weighted by Crippen LogP contribution is 2.32. The first kappa shape index (κ1) is 18.7. The molecule has 0 unspecified atom stereocenters. The van der Waals surface area contributed by atoms with Gasteiger partial charge in [-0.15, -0.1) is 0 Å². The van der Waals surface area contributed by atoms with Gasteiger partial charge in [-0.2, -0.15) is 5.10 Å². The summed E-state index contributed by atoms with van der Waals surface area (Å²) in [5.41, 5.74) is 7.14. The zero-order valence-corrected chi connectivity index (χ0v) is 17.1. The molecule has 1 aromatic heterocycles. The number of benzene rings is 2. The van der Waals surface area contributed by atoms with Gasteiger partial charge in [0.25, 0.3) is 0 Å². The first-order valence-electron chi connectivity index (χ1n) is 9.53. The Morgan fingerprint density at radius 3 is 2.93 bits per heavy atom. The maximum absolute atomic E-state index is 12.3. The van der Waals surface area contributed by atoms with Crippen LogP contribution in [0.25, 0.3) is 10.9 Å². The first-order chi connectivity index (χ1) is 13.6. The third-order valence-corrected chi connectivity index (χ3v) is 5.72. The molecule has 0 atom stereocenters. The minimum atomic E-state index is -0.145. The minimum absolute atomic E-state index is 0.117. The van der Waals surface area contributed by atoms with Gasteiger partial charge in [0.15, 0.2) is 0 Å². The summed E-state index contributed by atoms with van der Waals surface area (Å²) in [5.74, 6) is -0.0280. The highest BCUT2D eigenvalue weighted by Gasteiger charge is 2.19. The predicted molar refractivity (Wildman–Crippen MR) is 115 cm³/mol. The maximum atomic E-state index is 12.3. The first-order valence-corrected chi connectivity index (χ1v) is 10.3. The Balaban J connectivity index is 1.44. The van der Waals surface area contributed by atoms with Crippen molar-refractivity contribution in [3.05, 3.63) is 63.8 Å². The van der Waals surface area contributed by atoms with Gasteiger partial charge in [-0.3, -0.25) is 4.79 Å². The van der Waals surface area contributed by atoms with Crippen molar-refractivity contribution in [2.75, 3.05) is 0 Å². The topological polar surface area (TPSA) is 66.6 Å². The number of carbonyl (C=O) groups excluding carboxylic acids is 1. The maximum Gasteiger partial charge on any atom is 0.241 e. The standard InChI is InChI=1S/C22H22BrN3O2/c23-16-9-10-21(27)15(13-16)14-24-25-22(28)11-12-26-19-7-3-1-5-17(19)18-6-2-4-8-20(18)26/h1,3,5,7,9-10,13-14,27H,2,4,6,8,11-12H2,(H,25,28). The van der Waals surface area contributed by atoms with E-state index in [0.29, 0.717) is 18.5 Å². The number of carbonyl (C=O) groups is 1. The lowest BCUT2D eigenvalue weighted by Gasteiger charge is -2.15. The molecule has 1 aliphatic carbocycles. The largest absolute Gasteiger partial charge is 0.507 e. The number of rotatable bonds is 5. The Morgan fingerprint density at radius 2 is 2.04 bits per heavy atom. The van der Waals surface area contributed by atoms with E-state index in [0.717, 1.165) is 17.3 Å². The molecule has 2 aromatic carbocycles. The van der Waals surface area contributed by atoms with Gasteiger partial charge < -0.3 is 9.67 Å². The van der Waals surface area contributed by atoms with Gasteiger partial charge in [0.2, 0.25) is 5.91 Å². The molecule has 1 aliphatic rings. The number of fused-ring (bicyclic) bond motifs is 3. The van der Waals surface area contributed by atoms with Crippen LogP contribution < -0.4 is 5.43 Å². The molecule has 0 saturated carbocycles. The van der Waals surface area contributed by atoms with Crippen LogP contribution in [-0.2, 0) is 24.2 Å². The number of hydrogen-bond acceptors (Lipinski definition) is 3. The third kappa shape index (κ3) is 3.83. The molecule has 0 fully saturated rings. The van der Waals surface area contributed by atoms with Gasteiger partial charge in [-0.1, -0.05) is 34.1 Å². The van der Waals surface area contributed by atoms with E-state index < -0.39 is 0 Å². The average Bonchev–Trinajstić information content (AvgIpc) is 3.03. The number of aryl methyl sites for hydroxylation is 2. The number of hydrogen-bond donors (Lipinski definition) is 2. The van der Waals surface area contributed by atoms with Crippen LogP contribution in [0.3, 0.4) is 0 Å². The summed E-state index contributed by atoms with van der Waals surface area (Å²) in [6.07, 6.45) is 6.44. The molecule has 0 saturated heterocycles. The monoisotopic (exact) mass is 439 g/mol. The number of amides is 1. The molecule has 1 amide bonds. The van der Waals surface area contributed by atoms with E-state index in [2.05, 4.69) is 55.3 Å². The van der Waals surface area contributed by atoms with Crippen LogP contribution in [0.1, 0.15) is 36.1 Å². The van der Waals surface area contributed by atoms with E-state index in [1.54, 1.807) is 18.2 Å². The van der Waals surface area contributed by atoms with Crippen molar-refractivity contribution < 1.29 is 9.90 Å². The molecular weight excluding hydrogens is 418 g/mol. The third-order valence-electron chi connectivity index (χ3n) is 5.23. The van der Waals surface area contributed by atoms with Gasteiger partial charge in [0.1, 0.15) is 5.75 Å². The van der Waals surface area contributed by atoms with Crippen LogP contribution in [0.5, 0.6) is 5.75 Å². The fraction of sp³-hybridized carbons (Fsp3) is 0.273. The number of para-hydroxylation sites is 1. The van der Waals surface area contributed by atoms with Crippen molar-refractivity contribution in [1.82, 2.24) is 9.99 Å². The number of aromatic nitrogens is 1. The molecule has 0 spiro atoms. The molecule has 0 radical (unpaired) electrons. The van der Waals surface area contributed by atoms with E-state index in [1.807, 2.05) is 0 Å². The number of hydrazone groups is 1. The van der Waals surface area contributed by atoms with Crippen molar-refractivity contribution in [2.45, 2.75) is 38.6 Å². The lowest BCUT2D eigenvalue weighted by atomic mass is 9.95. The second kappa shape index (κ2) is 8.19. The molecule has 144 valence electrons. The number of nitrogens with one attached hydrogen (secondary N) is 1. The summed E-state index contributed by atoms with van der Waals surface area (Å²) >= 11 is 3.35. The summed E-state index contributed by atoms with van der Waals surface area (Å²) in [7, 11) is 0. The summed E-state index contributed by atoms with van der Waals surface area (Å²) < 4.78 is 3.13. The van der Waals surface area contributed by atoms with Crippen LogP contribution in [0.15, 0.2) is 52.0 Å². The lowest BCUT2D eigenvalue weighted by molar-refractivity contribution is -0.121. The molecule has 4 rings (SSSR count). The van der Waals surface area contributed by atoms with Crippen LogP contribution >= 0.6 is 15.9 Å². The highest BCUT2D eigenvalue weighted by atomic mass is 79.9. The van der Waals surface area contributed by atoms with E-state index in [-0.39, 0.29) is 11.7 Å². The van der Waals surface area contributed by atoms with Crippen LogP contribution in [0, 0.1) is 0 Å². The summed E-state index contributed by atoms with van der Waals surface area (Å²) in [6.45, 7) is 0.638. The molecule has 0 aliphatic heterocycles. The molecule has 3 aromatic rings. The van der Waals surface area contributed by atoms with Gasteiger partial charge in [-0.05, 0) is 55.5 Å². The van der Waals surface area contributed by atoms with Gasteiger partial charge in [0, 0.05) is 39.6 Å². The predicted octanol–water partition coefficient (Wildman–Crippen LogP) is 4.53. The molecule has 5 nitrogen and oxygen atoms in total. The van der Waals surface area contributed by atoms with Crippen LogP contribution in [0.2, 0.25) is 0 Å². The highest BCUT2D eigenvalue weighted by molar-refractivity contribution is 9.10. The van der Waals surface area contributed by atoms with Crippen molar-refractivity contribution in [3.8, 4) is 5.75 Å². The van der Waals surface area contributed by atoms with E-state index >= 15 is 0 Å². The summed E-state index contributed by atoms with van der Waals surface area (Å²) in [6, 6.07) is 13.5. The van der Waals surface area contributed by atoms with E-state index in [9.17, 15) is 9.90 Å². The number of nitrogens with zero attached hydrogens (tertiary/aromatic N) is 2. The van der Waals surface area contributed by atoms with Gasteiger partial charge in [-0.25, -0.2) is 5.43 Å². The molecule has 6 heteroatoms. The Bertz CT molecular complexity index is 1060. The molecule has 2 N–H and O–H groups in total. The molecule has 1 heterocycles. The van der Waals surface area contributed by atoms with Crippen molar-refractivity contribution in [3.63, 3.8) is 0 Å². The zero-order chi connectivity index (χ0) is 19.5. The van der Waals surface area contributed by atoms with Crippen molar-refractivity contribution in [1.29, 1.82) is 0 Å². The van der Waals surface area contributed by atoms with Crippen LogP contribution in [0.4, 0.5) is 0 Å². The Kier molecular flexibility index (Phi) is 5.48. The normalized spacial score (nSPS) is 13.8. The van der Waals surface area contributed by atoms with E-state index in [4.69, 9.17) is 0 Å². The lowest BCUT2D eigenvalue weighted by Crippen LogP contribution is -2.20.